The molecular formula is C26H26FNO3. The van der Waals surface area contributed by atoms with E-state index in [0.29, 0.717) is 13.0 Å². The van der Waals surface area contributed by atoms with Crippen molar-refractivity contribution in [1.82, 2.24) is 0 Å². The number of hydrogen-bond acceptors (Lipinski definition) is 4. The zero-order valence-electron chi connectivity index (χ0n) is 17.9. The van der Waals surface area contributed by atoms with Gasteiger partial charge in [-0.1, -0.05) is 35.9 Å². The molecule has 0 aromatic heterocycles. The van der Waals surface area contributed by atoms with E-state index in [1.54, 1.807) is 26.2 Å². The van der Waals surface area contributed by atoms with Crippen molar-refractivity contribution >= 4 is 11.7 Å². The van der Waals surface area contributed by atoms with E-state index in [-0.39, 0.29) is 11.8 Å². The third-order valence-corrected chi connectivity index (χ3v) is 5.93. The van der Waals surface area contributed by atoms with Crippen LogP contribution in [0.2, 0.25) is 0 Å². The molecule has 0 unspecified atom stereocenters. The van der Waals surface area contributed by atoms with E-state index in [1.807, 2.05) is 37.3 Å². The molecule has 0 amide bonds. The van der Waals surface area contributed by atoms with Crippen LogP contribution in [0.25, 0.3) is 0 Å². The first-order chi connectivity index (χ1) is 15.0. The molecule has 0 heterocycles. The van der Waals surface area contributed by atoms with Gasteiger partial charge in [-0.05, 0) is 73.4 Å². The van der Waals surface area contributed by atoms with Gasteiger partial charge in [0, 0.05) is 5.69 Å². The molecule has 0 bridgehead atoms. The Morgan fingerprint density at radius 1 is 1.10 bits per heavy atom. The zero-order chi connectivity index (χ0) is 22.0. The molecule has 0 aliphatic heterocycles. The summed E-state index contributed by atoms with van der Waals surface area (Å²) in [6.45, 7) is 4.14. The highest BCUT2D eigenvalue weighted by Gasteiger charge is 2.52. The summed E-state index contributed by atoms with van der Waals surface area (Å²) in [6.07, 6.45) is 0.538. The molecule has 4 rings (SSSR count). The Kier molecular flexibility index (Phi) is 5.68. The monoisotopic (exact) mass is 419 g/mol. The Hall–Kier alpha value is -3.34. The van der Waals surface area contributed by atoms with Gasteiger partial charge in [0.25, 0.3) is 0 Å². The van der Waals surface area contributed by atoms with Crippen LogP contribution in [0, 0.1) is 18.7 Å². The first kappa shape index (κ1) is 20.9. The van der Waals surface area contributed by atoms with Gasteiger partial charge >= 0.3 is 5.97 Å². The molecule has 3 aromatic carbocycles. The Morgan fingerprint density at radius 3 is 2.45 bits per heavy atom. The number of ether oxygens (including phenoxy) is 2. The van der Waals surface area contributed by atoms with Crippen LogP contribution in [0.1, 0.15) is 29.2 Å². The largest absolute Gasteiger partial charge is 0.497 e. The summed E-state index contributed by atoms with van der Waals surface area (Å²) in [6, 6.07) is 20.1. The maximum Gasteiger partial charge on any atom is 0.312 e. The summed E-state index contributed by atoms with van der Waals surface area (Å²) in [5.41, 5.74) is 3.96. The van der Waals surface area contributed by atoms with Crippen LogP contribution in [0.3, 0.4) is 0 Å². The number of hydrogen-bond donors (Lipinski definition) is 1. The number of anilines is 1. The number of methoxy groups -OCH3 is 1. The molecule has 1 N–H and O–H groups in total. The number of fused-ring (bicyclic) bond motifs is 1. The van der Waals surface area contributed by atoms with Gasteiger partial charge in [0.2, 0.25) is 0 Å². The first-order valence-electron chi connectivity index (χ1n) is 10.4. The molecule has 0 spiro atoms. The molecule has 0 fully saturated rings. The van der Waals surface area contributed by atoms with Gasteiger partial charge in [-0.2, -0.15) is 0 Å². The molecule has 31 heavy (non-hydrogen) atoms. The lowest BCUT2D eigenvalue weighted by Gasteiger charge is -2.38. The molecule has 5 heteroatoms. The highest BCUT2D eigenvalue weighted by molar-refractivity contribution is 5.80. The number of carbonyl (C=O) groups is 1. The Labute approximate surface area is 182 Å². The standard InChI is InChI=1S/C26H26FNO3/c1-4-31-25(29)24-16-18-15-17(2)5-14-23(18)26(24,19-6-8-20(27)9-7-19)28-21-10-12-22(30-3)13-11-21/h5-15,24,28H,4,16H2,1-3H3/t24-,26-/m0/s1. The van der Waals surface area contributed by atoms with Crippen molar-refractivity contribution in [3.8, 4) is 5.75 Å². The van der Waals surface area contributed by atoms with E-state index in [4.69, 9.17) is 9.47 Å². The number of benzene rings is 3. The second-order valence-electron chi connectivity index (χ2n) is 7.84. The van der Waals surface area contributed by atoms with Crippen molar-refractivity contribution in [2.45, 2.75) is 25.8 Å². The van der Waals surface area contributed by atoms with E-state index in [2.05, 4.69) is 17.4 Å². The SMILES string of the molecule is CCOC(=O)[C@@H]1Cc2cc(C)ccc2[C@@]1(Nc1ccc(OC)cc1)c1ccc(F)cc1. The van der Waals surface area contributed by atoms with Gasteiger partial charge in [-0.25, -0.2) is 4.39 Å². The average molecular weight is 419 g/mol. The number of carbonyl (C=O) groups excluding carboxylic acids is 1. The quantitative estimate of drug-likeness (QED) is 0.556. The normalized spacial score (nSPS) is 19.5. The fraction of sp³-hybridized carbons (Fsp3) is 0.269. The van der Waals surface area contributed by atoms with Gasteiger partial charge in [0.05, 0.1) is 19.6 Å². The van der Waals surface area contributed by atoms with Crippen LogP contribution >= 0.6 is 0 Å². The molecule has 0 saturated heterocycles. The number of nitrogens with one attached hydrogen (secondary N) is 1. The van der Waals surface area contributed by atoms with Gasteiger partial charge in [0.1, 0.15) is 17.1 Å². The lowest BCUT2D eigenvalue weighted by Crippen LogP contribution is -2.45. The molecule has 2 atom stereocenters. The summed E-state index contributed by atoms with van der Waals surface area (Å²) in [5, 5.41) is 3.63. The highest BCUT2D eigenvalue weighted by atomic mass is 19.1. The molecule has 4 nitrogen and oxygen atoms in total. The number of aryl methyl sites for hydroxylation is 1. The van der Waals surface area contributed by atoms with E-state index in [0.717, 1.165) is 33.7 Å². The smallest absolute Gasteiger partial charge is 0.312 e. The fourth-order valence-electron chi connectivity index (χ4n) is 4.54. The van der Waals surface area contributed by atoms with Crippen molar-refractivity contribution in [3.63, 3.8) is 0 Å². The van der Waals surface area contributed by atoms with Gasteiger partial charge in [-0.15, -0.1) is 0 Å². The van der Waals surface area contributed by atoms with E-state index in [1.165, 1.54) is 12.1 Å². The molecular weight excluding hydrogens is 393 g/mol. The van der Waals surface area contributed by atoms with Crippen molar-refractivity contribution < 1.29 is 18.7 Å². The maximum absolute atomic E-state index is 13.8. The van der Waals surface area contributed by atoms with Crippen LogP contribution in [-0.4, -0.2) is 19.7 Å². The van der Waals surface area contributed by atoms with Crippen LogP contribution < -0.4 is 10.1 Å². The van der Waals surface area contributed by atoms with Crippen LogP contribution in [0.5, 0.6) is 5.75 Å². The third kappa shape index (κ3) is 3.76. The Morgan fingerprint density at radius 2 is 1.81 bits per heavy atom. The zero-order valence-corrected chi connectivity index (χ0v) is 17.9. The summed E-state index contributed by atoms with van der Waals surface area (Å²) in [5.74, 6) is -0.359. The summed E-state index contributed by atoms with van der Waals surface area (Å²) in [4.78, 5) is 13.2. The molecule has 0 saturated carbocycles. The Balaban J connectivity index is 1.93. The molecule has 3 aromatic rings. The lowest BCUT2D eigenvalue weighted by atomic mass is 9.77. The fourth-order valence-corrected chi connectivity index (χ4v) is 4.54. The van der Waals surface area contributed by atoms with Crippen LogP contribution in [0.4, 0.5) is 10.1 Å². The summed E-state index contributed by atoms with van der Waals surface area (Å²) in [7, 11) is 1.62. The predicted octanol–water partition coefficient (Wildman–Crippen LogP) is 5.23. The predicted molar refractivity (Wildman–Crippen MR) is 119 cm³/mol. The Bertz CT molecular complexity index is 1080. The molecule has 0 radical (unpaired) electrons. The maximum atomic E-state index is 13.8. The molecule has 1 aliphatic rings. The van der Waals surface area contributed by atoms with Crippen molar-refractivity contribution in [1.29, 1.82) is 0 Å². The van der Waals surface area contributed by atoms with Gasteiger partial charge < -0.3 is 14.8 Å². The van der Waals surface area contributed by atoms with Gasteiger partial charge in [-0.3, -0.25) is 4.79 Å². The van der Waals surface area contributed by atoms with Gasteiger partial charge in [0.15, 0.2) is 0 Å². The summed E-state index contributed by atoms with van der Waals surface area (Å²) < 4.78 is 24.6. The second-order valence-corrected chi connectivity index (χ2v) is 7.84. The van der Waals surface area contributed by atoms with Crippen LogP contribution in [0.15, 0.2) is 66.7 Å². The van der Waals surface area contributed by atoms with E-state index >= 15 is 0 Å². The minimum Gasteiger partial charge on any atom is -0.497 e. The number of esters is 1. The first-order valence-corrected chi connectivity index (χ1v) is 10.4. The third-order valence-electron chi connectivity index (χ3n) is 5.93. The minimum atomic E-state index is -0.891. The topological polar surface area (TPSA) is 47.6 Å². The molecule has 160 valence electrons. The number of rotatable bonds is 6. The van der Waals surface area contributed by atoms with E-state index in [9.17, 15) is 9.18 Å². The molecule has 1 aliphatic carbocycles. The number of halogens is 1. The minimum absolute atomic E-state index is 0.276. The van der Waals surface area contributed by atoms with Crippen LogP contribution in [-0.2, 0) is 21.5 Å². The average Bonchev–Trinajstić information content (AvgIpc) is 3.09. The van der Waals surface area contributed by atoms with Crippen molar-refractivity contribution in [2.75, 3.05) is 19.0 Å². The van der Waals surface area contributed by atoms with E-state index < -0.39 is 11.5 Å². The lowest BCUT2D eigenvalue weighted by molar-refractivity contribution is -0.149. The second kappa shape index (κ2) is 8.42. The highest BCUT2D eigenvalue weighted by Crippen LogP contribution is 2.49. The summed E-state index contributed by atoms with van der Waals surface area (Å²) >= 11 is 0. The van der Waals surface area contributed by atoms with Crippen molar-refractivity contribution in [2.24, 2.45) is 5.92 Å². The van der Waals surface area contributed by atoms with Crippen molar-refractivity contribution in [3.05, 3.63) is 94.8 Å².